The van der Waals surface area contributed by atoms with Crippen LogP contribution in [0.25, 0.3) is 0 Å². The van der Waals surface area contributed by atoms with Gasteiger partial charge in [0.15, 0.2) is 0 Å². The van der Waals surface area contributed by atoms with E-state index in [9.17, 15) is 4.79 Å². The zero-order chi connectivity index (χ0) is 13.4. The van der Waals surface area contributed by atoms with E-state index in [0.29, 0.717) is 13.2 Å². The van der Waals surface area contributed by atoms with Crippen LogP contribution in [0.15, 0.2) is 18.2 Å². The number of carbonyl (C=O) groups is 1. The minimum absolute atomic E-state index is 0.0248. The highest BCUT2D eigenvalue weighted by atomic mass is 16.6. The second-order valence-corrected chi connectivity index (χ2v) is 4.50. The summed E-state index contributed by atoms with van der Waals surface area (Å²) in [5, 5.41) is 0. The zero-order valence-electron chi connectivity index (χ0n) is 11.5. The number of rotatable bonds is 7. The molecule has 0 aliphatic rings. The molecule has 3 nitrogen and oxygen atoms in total. The average molecular weight is 250 g/mol. The molecule has 100 valence electrons. The van der Waals surface area contributed by atoms with Crippen LogP contribution < -0.4 is 0 Å². The van der Waals surface area contributed by atoms with E-state index in [2.05, 4.69) is 19.9 Å². The monoisotopic (exact) mass is 250 g/mol. The number of unbranched alkanes of at least 4 members (excludes halogenated alkanes) is 1. The standard InChI is InChI=1S/C15H22O3/c1-4-5-8-18-15(16)11-17-10-14-7-6-12(2)9-13(14)3/h6-7,9H,4-5,8,10-11H2,1-3H3. The second kappa shape index (κ2) is 7.88. The van der Waals surface area contributed by atoms with Crippen molar-refractivity contribution in [2.75, 3.05) is 13.2 Å². The number of benzene rings is 1. The summed E-state index contributed by atoms with van der Waals surface area (Å²) in [6, 6.07) is 6.19. The van der Waals surface area contributed by atoms with E-state index in [-0.39, 0.29) is 12.6 Å². The molecule has 1 rings (SSSR count). The Kier molecular flexibility index (Phi) is 6.44. The fourth-order valence-electron chi connectivity index (χ4n) is 1.62. The molecule has 0 unspecified atom stereocenters. The molecule has 0 radical (unpaired) electrons. The van der Waals surface area contributed by atoms with Crippen LogP contribution in [0.4, 0.5) is 0 Å². The molecule has 0 heterocycles. The summed E-state index contributed by atoms with van der Waals surface area (Å²) in [7, 11) is 0. The minimum atomic E-state index is -0.284. The Morgan fingerprint density at radius 1 is 1.28 bits per heavy atom. The first-order chi connectivity index (χ1) is 8.63. The largest absolute Gasteiger partial charge is 0.464 e. The Bertz CT molecular complexity index is 385. The van der Waals surface area contributed by atoms with Gasteiger partial charge in [-0.25, -0.2) is 4.79 Å². The summed E-state index contributed by atoms with van der Waals surface area (Å²) in [5.41, 5.74) is 3.53. The maximum atomic E-state index is 11.3. The Morgan fingerprint density at radius 2 is 2.06 bits per heavy atom. The number of hydrogen-bond acceptors (Lipinski definition) is 3. The third kappa shape index (κ3) is 5.32. The molecule has 0 atom stereocenters. The number of hydrogen-bond donors (Lipinski definition) is 0. The molecule has 0 saturated carbocycles. The molecule has 0 aliphatic heterocycles. The van der Waals surface area contributed by atoms with Crippen LogP contribution in [0.5, 0.6) is 0 Å². The number of ether oxygens (including phenoxy) is 2. The quantitative estimate of drug-likeness (QED) is 0.551. The Labute approximate surface area is 109 Å². The van der Waals surface area contributed by atoms with Gasteiger partial charge in [-0.15, -0.1) is 0 Å². The van der Waals surface area contributed by atoms with Gasteiger partial charge >= 0.3 is 5.97 Å². The third-order valence-electron chi connectivity index (χ3n) is 2.74. The van der Waals surface area contributed by atoms with Gasteiger partial charge in [-0.2, -0.15) is 0 Å². The van der Waals surface area contributed by atoms with Gasteiger partial charge in [-0.05, 0) is 31.4 Å². The summed E-state index contributed by atoms with van der Waals surface area (Å²) in [5.74, 6) is -0.284. The zero-order valence-corrected chi connectivity index (χ0v) is 11.5. The molecule has 1 aromatic carbocycles. The summed E-state index contributed by atoms with van der Waals surface area (Å²) in [6.45, 7) is 7.13. The minimum Gasteiger partial charge on any atom is -0.464 e. The Balaban J connectivity index is 2.26. The molecule has 0 bridgehead atoms. The lowest BCUT2D eigenvalue weighted by molar-refractivity contribution is -0.149. The average Bonchev–Trinajstić information content (AvgIpc) is 2.32. The molecule has 3 heteroatoms. The highest BCUT2D eigenvalue weighted by Crippen LogP contribution is 2.11. The molecule has 0 N–H and O–H groups in total. The van der Waals surface area contributed by atoms with Gasteiger partial charge in [0.1, 0.15) is 6.61 Å². The van der Waals surface area contributed by atoms with E-state index in [4.69, 9.17) is 9.47 Å². The van der Waals surface area contributed by atoms with Crippen molar-refractivity contribution >= 4 is 5.97 Å². The molecule has 0 saturated heterocycles. The van der Waals surface area contributed by atoms with Gasteiger partial charge < -0.3 is 9.47 Å². The third-order valence-corrected chi connectivity index (χ3v) is 2.74. The van der Waals surface area contributed by atoms with E-state index in [1.807, 2.05) is 19.1 Å². The van der Waals surface area contributed by atoms with Crippen molar-refractivity contribution in [3.8, 4) is 0 Å². The van der Waals surface area contributed by atoms with Gasteiger partial charge in [-0.3, -0.25) is 0 Å². The highest BCUT2D eigenvalue weighted by molar-refractivity contribution is 5.70. The summed E-state index contributed by atoms with van der Waals surface area (Å²) in [6.07, 6.45) is 1.93. The molecule has 1 aromatic rings. The molecular formula is C15H22O3. The highest BCUT2D eigenvalue weighted by Gasteiger charge is 2.04. The maximum Gasteiger partial charge on any atom is 0.332 e. The second-order valence-electron chi connectivity index (χ2n) is 4.50. The van der Waals surface area contributed by atoms with E-state index in [0.717, 1.165) is 18.4 Å². The lowest BCUT2D eigenvalue weighted by Gasteiger charge is -2.08. The first-order valence-electron chi connectivity index (χ1n) is 6.43. The predicted octanol–water partition coefficient (Wildman–Crippen LogP) is 3.16. The first-order valence-corrected chi connectivity index (χ1v) is 6.43. The van der Waals surface area contributed by atoms with Crippen molar-refractivity contribution in [1.82, 2.24) is 0 Å². The summed E-state index contributed by atoms with van der Waals surface area (Å²) < 4.78 is 10.4. The molecule has 0 fully saturated rings. The van der Waals surface area contributed by atoms with Crippen molar-refractivity contribution in [2.24, 2.45) is 0 Å². The van der Waals surface area contributed by atoms with Gasteiger partial charge in [0, 0.05) is 0 Å². The molecule has 18 heavy (non-hydrogen) atoms. The van der Waals surface area contributed by atoms with Crippen molar-refractivity contribution in [1.29, 1.82) is 0 Å². The van der Waals surface area contributed by atoms with E-state index in [1.165, 1.54) is 11.1 Å². The molecule has 0 spiro atoms. The van der Waals surface area contributed by atoms with Crippen LogP contribution in [-0.2, 0) is 20.9 Å². The van der Waals surface area contributed by atoms with E-state index in [1.54, 1.807) is 0 Å². The number of carbonyl (C=O) groups excluding carboxylic acids is 1. The number of aryl methyl sites for hydroxylation is 2. The van der Waals surface area contributed by atoms with E-state index >= 15 is 0 Å². The molecule has 0 aromatic heterocycles. The first kappa shape index (κ1) is 14.7. The summed E-state index contributed by atoms with van der Waals surface area (Å²) >= 11 is 0. The van der Waals surface area contributed by atoms with Crippen molar-refractivity contribution in [3.05, 3.63) is 34.9 Å². The van der Waals surface area contributed by atoms with Gasteiger partial charge in [0.2, 0.25) is 0 Å². The topological polar surface area (TPSA) is 35.5 Å². The Hall–Kier alpha value is -1.35. The van der Waals surface area contributed by atoms with Crippen LogP contribution in [0.2, 0.25) is 0 Å². The van der Waals surface area contributed by atoms with Crippen molar-refractivity contribution < 1.29 is 14.3 Å². The smallest absolute Gasteiger partial charge is 0.332 e. The number of esters is 1. The van der Waals surface area contributed by atoms with Gasteiger partial charge in [-0.1, -0.05) is 37.1 Å². The molecule has 0 aliphatic carbocycles. The van der Waals surface area contributed by atoms with Crippen LogP contribution in [0.3, 0.4) is 0 Å². The lowest BCUT2D eigenvalue weighted by atomic mass is 10.1. The lowest BCUT2D eigenvalue weighted by Crippen LogP contribution is -2.13. The van der Waals surface area contributed by atoms with Crippen LogP contribution in [0, 0.1) is 13.8 Å². The fraction of sp³-hybridized carbons (Fsp3) is 0.533. The van der Waals surface area contributed by atoms with Crippen molar-refractivity contribution in [3.63, 3.8) is 0 Å². The van der Waals surface area contributed by atoms with Crippen molar-refractivity contribution in [2.45, 2.75) is 40.2 Å². The molecular weight excluding hydrogens is 228 g/mol. The van der Waals surface area contributed by atoms with Gasteiger partial charge in [0.05, 0.1) is 13.2 Å². The summed E-state index contributed by atoms with van der Waals surface area (Å²) in [4.78, 5) is 11.3. The fourth-order valence-corrected chi connectivity index (χ4v) is 1.62. The Morgan fingerprint density at radius 3 is 2.72 bits per heavy atom. The van der Waals surface area contributed by atoms with E-state index < -0.39 is 0 Å². The SMILES string of the molecule is CCCCOC(=O)COCc1ccc(C)cc1C. The normalized spacial score (nSPS) is 10.4. The predicted molar refractivity (Wildman–Crippen MR) is 71.4 cm³/mol. The van der Waals surface area contributed by atoms with Crippen LogP contribution >= 0.6 is 0 Å². The maximum absolute atomic E-state index is 11.3. The van der Waals surface area contributed by atoms with Crippen LogP contribution in [0.1, 0.15) is 36.5 Å². The van der Waals surface area contributed by atoms with Gasteiger partial charge in [0.25, 0.3) is 0 Å². The molecule has 0 amide bonds. The van der Waals surface area contributed by atoms with Crippen LogP contribution in [-0.4, -0.2) is 19.2 Å².